The molecule has 1 fully saturated rings. The summed E-state index contributed by atoms with van der Waals surface area (Å²) in [5.74, 6) is 1.22. The second kappa shape index (κ2) is 6.71. The van der Waals surface area contributed by atoms with E-state index in [1.165, 1.54) is 0 Å². The van der Waals surface area contributed by atoms with Crippen LogP contribution in [0.25, 0.3) is 0 Å². The largest absolute Gasteiger partial charge is 0.493 e. The molecule has 1 heterocycles. The highest BCUT2D eigenvalue weighted by atomic mass is 35.5. The minimum Gasteiger partial charge on any atom is -0.493 e. The second-order valence-corrected chi connectivity index (χ2v) is 6.11. The van der Waals surface area contributed by atoms with E-state index in [4.69, 9.17) is 26.8 Å². The van der Waals surface area contributed by atoms with Crippen molar-refractivity contribution in [2.45, 2.75) is 18.6 Å². The van der Waals surface area contributed by atoms with Gasteiger partial charge in [-0.2, -0.15) is 0 Å². The number of nitrogens with two attached hydrogens (primary N) is 1. The van der Waals surface area contributed by atoms with Gasteiger partial charge in [-0.1, -0.05) is 29.8 Å². The SMILES string of the molecule is COc1ccc(CN2C(=O)[C@@H](N)[C@@H]2c2ccc(Cl)cc2)cc1OC. The first-order valence-corrected chi connectivity index (χ1v) is 7.95. The molecule has 3 rings (SSSR count). The van der Waals surface area contributed by atoms with Crippen molar-refractivity contribution in [3.8, 4) is 11.5 Å². The Morgan fingerprint density at radius 2 is 1.75 bits per heavy atom. The van der Waals surface area contributed by atoms with Crippen LogP contribution in [0, 0.1) is 0 Å². The fraction of sp³-hybridized carbons (Fsp3) is 0.278. The number of β-lactam (4-membered cyclic amide) rings is 1. The van der Waals surface area contributed by atoms with Crippen LogP contribution in [0.4, 0.5) is 0 Å². The fourth-order valence-corrected chi connectivity index (χ4v) is 3.10. The predicted octanol–water partition coefficient (Wildman–Crippen LogP) is 2.77. The number of halogens is 1. The van der Waals surface area contributed by atoms with Gasteiger partial charge in [0.1, 0.15) is 6.04 Å². The first-order chi connectivity index (χ1) is 11.5. The molecule has 2 aromatic rings. The van der Waals surface area contributed by atoms with Gasteiger partial charge in [0.05, 0.1) is 20.3 Å². The topological polar surface area (TPSA) is 64.8 Å². The van der Waals surface area contributed by atoms with E-state index in [1.54, 1.807) is 31.3 Å². The number of ether oxygens (including phenoxy) is 2. The van der Waals surface area contributed by atoms with Crippen LogP contribution < -0.4 is 15.2 Å². The van der Waals surface area contributed by atoms with Crippen LogP contribution in [0.15, 0.2) is 42.5 Å². The quantitative estimate of drug-likeness (QED) is 0.845. The maximum absolute atomic E-state index is 12.2. The zero-order valence-electron chi connectivity index (χ0n) is 13.5. The van der Waals surface area contributed by atoms with Gasteiger partial charge in [-0.15, -0.1) is 0 Å². The van der Waals surface area contributed by atoms with Crippen LogP contribution in [-0.4, -0.2) is 31.1 Å². The number of hydrogen-bond donors (Lipinski definition) is 1. The maximum atomic E-state index is 12.2. The van der Waals surface area contributed by atoms with Gasteiger partial charge in [0.25, 0.3) is 0 Å². The molecule has 1 aliphatic heterocycles. The van der Waals surface area contributed by atoms with E-state index in [9.17, 15) is 4.79 Å². The van der Waals surface area contributed by atoms with Crippen molar-refractivity contribution in [3.63, 3.8) is 0 Å². The Morgan fingerprint density at radius 1 is 1.08 bits per heavy atom. The summed E-state index contributed by atoms with van der Waals surface area (Å²) in [4.78, 5) is 14.0. The molecule has 0 spiro atoms. The Hall–Kier alpha value is -2.24. The van der Waals surface area contributed by atoms with Gasteiger partial charge in [0.15, 0.2) is 11.5 Å². The molecule has 5 nitrogen and oxygen atoms in total. The molecule has 1 saturated heterocycles. The molecule has 0 bridgehead atoms. The lowest BCUT2D eigenvalue weighted by Crippen LogP contribution is -2.62. The van der Waals surface area contributed by atoms with Crippen molar-refractivity contribution >= 4 is 17.5 Å². The lowest BCUT2D eigenvalue weighted by molar-refractivity contribution is -0.150. The molecule has 0 aliphatic carbocycles. The summed E-state index contributed by atoms with van der Waals surface area (Å²) in [6.45, 7) is 0.459. The number of amides is 1. The lowest BCUT2D eigenvalue weighted by Gasteiger charge is -2.45. The number of hydrogen-bond acceptors (Lipinski definition) is 4. The number of nitrogens with zero attached hydrogens (tertiary/aromatic N) is 1. The average Bonchev–Trinajstić information content (AvgIpc) is 2.62. The highest BCUT2D eigenvalue weighted by Crippen LogP contribution is 2.36. The van der Waals surface area contributed by atoms with Crippen molar-refractivity contribution < 1.29 is 14.3 Å². The Balaban J connectivity index is 1.83. The smallest absolute Gasteiger partial charge is 0.242 e. The fourth-order valence-electron chi connectivity index (χ4n) is 2.97. The van der Waals surface area contributed by atoms with Crippen molar-refractivity contribution in [2.24, 2.45) is 5.73 Å². The number of methoxy groups -OCH3 is 2. The summed E-state index contributed by atoms with van der Waals surface area (Å²) in [5.41, 5.74) is 7.94. The van der Waals surface area contributed by atoms with E-state index in [-0.39, 0.29) is 11.9 Å². The third kappa shape index (κ3) is 2.92. The zero-order chi connectivity index (χ0) is 17.3. The van der Waals surface area contributed by atoms with Gasteiger partial charge in [-0.05, 0) is 35.4 Å². The number of rotatable bonds is 5. The lowest BCUT2D eigenvalue weighted by atomic mass is 9.88. The van der Waals surface area contributed by atoms with Crippen molar-refractivity contribution in [3.05, 3.63) is 58.6 Å². The van der Waals surface area contributed by atoms with Crippen LogP contribution in [0.2, 0.25) is 5.02 Å². The summed E-state index contributed by atoms with van der Waals surface area (Å²) in [6.07, 6.45) is 0. The Bertz CT molecular complexity index is 748. The standard InChI is InChI=1S/C18H19ClN2O3/c1-23-14-8-3-11(9-15(14)24-2)10-21-17(16(20)18(21)22)12-4-6-13(19)7-5-12/h3-9,16-17H,10,20H2,1-2H3/t16-,17-/m0/s1. The van der Waals surface area contributed by atoms with Crippen LogP contribution in [0.3, 0.4) is 0 Å². The maximum Gasteiger partial charge on any atom is 0.242 e. The first-order valence-electron chi connectivity index (χ1n) is 7.57. The summed E-state index contributed by atoms with van der Waals surface area (Å²) in [5, 5.41) is 0.657. The van der Waals surface area contributed by atoms with Crippen molar-refractivity contribution in [1.82, 2.24) is 4.90 Å². The molecule has 1 amide bonds. The van der Waals surface area contributed by atoms with Crippen LogP contribution in [0.5, 0.6) is 11.5 Å². The van der Waals surface area contributed by atoms with E-state index < -0.39 is 6.04 Å². The molecule has 0 unspecified atom stereocenters. The minimum atomic E-state index is -0.522. The molecule has 6 heteroatoms. The number of likely N-dealkylation sites (tertiary alicyclic amines) is 1. The van der Waals surface area contributed by atoms with Gasteiger partial charge < -0.3 is 20.1 Å². The van der Waals surface area contributed by atoms with Crippen molar-refractivity contribution in [1.29, 1.82) is 0 Å². The van der Waals surface area contributed by atoms with Gasteiger partial charge in [0.2, 0.25) is 5.91 Å². The molecule has 126 valence electrons. The molecule has 0 aromatic heterocycles. The number of carbonyl (C=O) groups is 1. The van der Waals surface area contributed by atoms with Gasteiger partial charge in [-0.3, -0.25) is 4.79 Å². The summed E-state index contributed by atoms with van der Waals surface area (Å²) < 4.78 is 10.6. The van der Waals surface area contributed by atoms with Gasteiger partial charge in [0, 0.05) is 11.6 Å². The molecule has 2 aromatic carbocycles. The Kier molecular flexibility index (Phi) is 4.64. The van der Waals surface area contributed by atoms with Gasteiger partial charge >= 0.3 is 0 Å². The monoisotopic (exact) mass is 346 g/mol. The molecular formula is C18H19ClN2O3. The Labute approximate surface area is 145 Å². The minimum absolute atomic E-state index is 0.0651. The third-order valence-electron chi connectivity index (χ3n) is 4.26. The first kappa shape index (κ1) is 16.6. The van der Waals surface area contributed by atoms with Crippen LogP contribution >= 0.6 is 11.6 Å². The van der Waals surface area contributed by atoms with E-state index in [1.807, 2.05) is 30.3 Å². The summed E-state index contributed by atoms with van der Waals surface area (Å²) >= 11 is 5.93. The van der Waals surface area contributed by atoms with Crippen molar-refractivity contribution in [2.75, 3.05) is 14.2 Å². The zero-order valence-corrected chi connectivity index (χ0v) is 14.3. The molecule has 0 saturated carbocycles. The molecule has 2 N–H and O–H groups in total. The average molecular weight is 347 g/mol. The highest BCUT2D eigenvalue weighted by Gasteiger charge is 2.45. The van der Waals surface area contributed by atoms with E-state index in [0.717, 1.165) is 11.1 Å². The molecule has 1 aliphatic rings. The summed E-state index contributed by atoms with van der Waals surface area (Å²) in [7, 11) is 3.18. The summed E-state index contributed by atoms with van der Waals surface area (Å²) in [6, 6.07) is 12.4. The predicted molar refractivity (Wildman–Crippen MR) is 92.3 cm³/mol. The van der Waals surface area contributed by atoms with Gasteiger partial charge in [-0.25, -0.2) is 0 Å². The number of carbonyl (C=O) groups excluding carboxylic acids is 1. The molecular weight excluding hydrogens is 328 g/mol. The third-order valence-corrected chi connectivity index (χ3v) is 4.51. The Morgan fingerprint density at radius 3 is 2.38 bits per heavy atom. The van der Waals surface area contributed by atoms with E-state index in [0.29, 0.717) is 23.1 Å². The number of benzene rings is 2. The molecule has 24 heavy (non-hydrogen) atoms. The highest BCUT2D eigenvalue weighted by molar-refractivity contribution is 6.30. The van der Waals surface area contributed by atoms with E-state index in [2.05, 4.69) is 0 Å². The van der Waals surface area contributed by atoms with Crippen LogP contribution in [-0.2, 0) is 11.3 Å². The van der Waals surface area contributed by atoms with E-state index >= 15 is 0 Å². The molecule has 2 atom stereocenters. The second-order valence-electron chi connectivity index (χ2n) is 5.68. The molecule has 0 radical (unpaired) electrons. The normalized spacial score (nSPS) is 19.8. The van der Waals surface area contributed by atoms with Crippen LogP contribution in [0.1, 0.15) is 17.2 Å².